The summed E-state index contributed by atoms with van der Waals surface area (Å²) in [6.07, 6.45) is 2.34. The molecule has 4 heterocycles. The number of nitrogens with zero attached hydrogens (tertiary/aromatic N) is 4. The molecule has 28 heavy (non-hydrogen) atoms. The largest absolute Gasteiger partial charge is 0.367 e. The Morgan fingerprint density at radius 1 is 1.04 bits per heavy atom. The molecule has 3 aromatic rings. The van der Waals surface area contributed by atoms with E-state index in [1.807, 2.05) is 18.2 Å². The van der Waals surface area contributed by atoms with Gasteiger partial charge in [-0.2, -0.15) is 0 Å². The first-order valence-electron chi connectivity index (χ1n) is 9.86. The van der Waals surface area contributed by atoms with E-state index in [0.717, 1.165) is 31.9 Å². The van der Waals surface area contributed by atoms with Crippen LogP contribution in [0.15, 0.2) is 47.3 Å². The number of hydrogen-bond donors (Lipinski definition) is 0. The molecule has 6 heteroatoms. The summed E-state index contributed by atoms with van der Waals surface area (Å²) in [5.41, 5.74) is 1.91. The van der Waals surface area contributed by atoms with Gasteiger partial charge in [-0.05, 0) is 43.2 Å². The normalized spacial score (nSPS) is 21.9. The summed E-state index contributed by atoms with van der Waals surface area (Å²) in [5, 5.41) is 0.564. The Morgan fingerprint density at radius 2 is 1.82 bits per heavy atom. The van der Waals surface area contributed by atoms with Gasteiger partial charge in [-0.3, -0.25) is 9.36 Å². The number of fused-ring (bicyclic) bond motifs is 5. The summed E-state index contributed by atoms with van der Waals surface area (Å²) in [6.45, 7) is 4.37. The van der Waals surface area contributed by atoms with Crippen LogP contribution in [0.1, 0.15) is 12.8 Å². The summed E-state index contributed by atoms with van der Waals surface area (Å²) in [7, 11) is 1.65. The zero-order chi connectivity index (χ0) is 19.3. The van der Waals surface area contributed by atoms with E-state index in [2.05, 4.69) is 9.80 Å². The van der Waals surface area contributed by atoms with Crippen molar-refractivity contribution in [2.45, 2.75) is 18.9 Å². The third kappa shape index (κ3) is 2.79. The van der Waals surface area contributed by atoms with Gasteiger partial charge in [0.15, 0.2) is 0 Å². The number of aromatic nitrogens is 2. The van der Waals surface area contributed by atoms with Crippen LogP contribution in [0.2, 0.25) is 0 Å². The van der Waals surface area contributed by atoms with Gasteiger partial charge in [0.2, 0.25) is 0 Å². The molecule has 2 bridgehead atoms. The van der Waals surface area contributed by atoms with E-state index in [1.54, 1.807) is 25.2 Å². The van der Waals surface area contributed by atoms with Crippen molar-refractivity contribution in [3.05, 3.63) is 58.6 Å². The smallest absolute Gasteiger partial charge is 0.261 e. The van der Waals surface area contributed by atoms with Crippen LogP contribution in [0.25, 0.3) is 22.3 Å². The van der Waals surface area contributed by atoms with Gasteiger partial charge in [0, 0.05) is 45.0 Å². The van der Waals surface area contributed by atoms with Gasteiger partial charge in [-0.1, -0.05) is 12.1 Å². The second kappa shape index (κ2) is 6.71. The van der Waals surface area contributed by atoms with Gasteiger partial charge in [0.05, 0.1) is 16.5 Å². The molecule has 144 valence electrons. The fourth-order valence-electron chi connectivity index (χ4n) is 4.55. The Hall–Kier alpha value is -2.73. The maximum atomic E-state index is 14.3. The van der Waals surface area contributed by atoms with E-state index < -0.39 is 0 Å². The lowest BCUT2D eigenvalue weighted by Gasteiger charge is -2.33. The molecule has 0 N–H and O–H groups in total. The summed E-state index contributed by atoms with van der Waals surface area (Å²) in [5.74, 6) is -0.0188. The molecule has 3 aliphatic rings. The molecular formula is C22H23FN4O. The van der Waals surface area contributed by atoms with E-state index in [-0.39, 0.29) is 11.4 Å². The molecule has 6 rings (SSSR count). The predicted molar refractivity (Wildman–Crippen MR) is 109 cm³/mol. The standard InChI is InChI=1S/C22H23FN4O/c1-25-21(17-4-2-3-5-19(17)23)24-20-14-16(6-7-18(20)22(25)28)27-13-12-26-10-8-15(27)9-11-26/h2-7,14-15H,8-13H2,1H3. The second-order valence-corrected chi connectivity index (χ2v) is 7.75. The maximum absolute atomic E-state index is 14.3. The zero-order valence-electron chi connectivity index (χ0n) is 15.9. The molecule has 0 atom stereocenters. The van der Waals surface area contributed by atoms with Gasteiger partial charge < -0.3 is 9.80 Å². The third-order valence-electron chi connectivity index (χ3n) is 6.16. The predicted octanol–water partition coefficient (Wildman–Crippen LogP) is 3.02. The average molecular weight is 378 g/mol. The molecule has 2 aromatic carbocycles. The molecule has 3 aliphatic heterocycles. The van der Waals surface area contributed by atoms with E-state index >= 15 is 0 Å². The molecule has 5 nitrogen and oxygen atoms in total. The zero-order valence-corrected chi connectivity index (χ0v) is 15.9. The Labute approximate surface area is 163 Å². The highest BCUT2D eigenvalue weighted by Crippen LogP contribution is 2.29. The lowest BCUT2D eigenvalue weighted by atomic mass is 10.0. The van der Waals surface area contributed by atoms with Crippen molar-refractivity contribution in [1.29, 1.82) is 0 Å². The van der Waals surface area contributed by atoms with Crippen LogP contribution in [0.4, 0.5) is 10.1 Å². The van der Waals surface area contributed by atoms with Crippen LogP contribution in [-0.4, -0.2) is 46.7 Å². The molecule has 1 aromatic heterocycles. The van der Waals surface area contributed by atoms with Gasteiger partial charge >= 0.3 is 0 Å². The fourth-order valence-corrected chi connectivity index (χ4v) is 4.55. The molecule has 0 aliphatic carbocycles. The van der Waals surface area contributed by atoms with Crippen LogP contribution in [0, 0.1) is 5.82 Å². The highest BCUT2D eigenvalue weighted by molar-refractivity contribution is 5.83. The van der Waals surface area contributed by atoms with Crippen LogP contribution in [0.5, 0.6) is 0 Å². The molecule has 0 radical (unpaired) electrons. The lowest BCUT2D eigenvalue weighted by Crippen LogP contribution is -2.37. The van der Waals surface area contributed by atoms with Crippen molar-refractivity contribution in [3.8, 4) is 11.4 Å². The number of anilines is 1. The van der Waals surface area contributed by atoms with Crippen molar-refractivity contribution >= 4 is 16.6 Å². The first-order valence-corrected chi connectivity index (χ1v) is 9.86. The minimum atomic E-state index is -0.376. The fraction of sp³-hybridized carbons (Fsp3) is 0.364. The summed E-state index contributed by atoms with van der Waals surface area (Å²) in [6, 6.07) is 12.9. The van der Waals surface area contributed by atoms with Gasteiger partial charge in [0.1, 0.15) is 11.6 Å². The van der Waals surface area contributed by atoms with Crippen LogP contribution >= 0.6 is 0 Å². The Kier molecular flexibility index (Phi) is 4.16. The van der Waals surface area contributed by atoms with Crippen molar-refractivity contribution in [1.82, 2.24) is 14.5 Å². The minimum Gasteiger partial charge on any atom is -0.367 e. The number of hydrogen-bond acceptors (Lipinski definition) is 4. The molecule has 3 fully saturated rings. The van der Waals surface area contributed by atoms with Crippen molar-refractivity contribution in [3.63, 3.8) is 0 Å². The summed E-state index contributed by atoms with van der Waals surface area (Å²) >= 11 is 0. The van der Waals surface area contributed by atoms with E-state index in [9.17, 15) is 9.18 Å². The Bertz CT molecular complexity index is 1100. The van der Waals surface area contributed by atoms with Gasteiger partial charge in [-0.25, -0.2) is 9.37 Å². The summed E-state index contributed by atoms with van der Waals surface area (Å²) < 4.78 is 15.8. The SMILES string of the molecule is Cn1c(-c2ccccc2F)nc2cc(N3CCN4CCC3CC4)ccc2c1=O. The van der Waals surface area contributed by atoms with Crippen LogP contribution in [0.3, 0.4) is 0 Å². The van der Waals surface area contributed by atoms with Crippen LogP contribution < -0.4 is 10.5 Å². The Morgan fingerprint density at radius 3 is 2.61 bits per heavy atom. The van der Waals surface area contributed by atoms with Crippen molar-refractivity contribution in [2.75, 3.05) is 31.1 Å². The number of piperidine rings is 1. The first kappa shape index (κ1) is 17.4. The van der Waals surface area contributed by atoms with Gasteiger partial charge in [0.25, 0.3) is 5.56 Å². The summed E-state index contributed by atoms with van der Waals surface area (Å²) in [4.78, 5) is 22.5. The quantitative estimate of drug-likeness (QED) is 0.687. The molecule has 3 saturated heterocycles. The van der Waals surface area contributed by atoms with Crippen molar-refractivity contribution in [2.24, 2.45) is 7.05 Å². The molecule has 0 unspecified atom stereocenters. The van der Waals surface area contributed by atoms with Crippen molar-refractivity contribution < 1.29 is 4.39 Å². The molecule has 0 amide bonds. The van der Waals surface area contributed by atoms with Crippen LogP contribution in [-0.2, 0) is 7.05 Å². The molecule has 0 spiro atoms. The molecular weight excluding hydrogens is 355 g/mol. The Balaban J connectivity index is 1.64. The lowest BCUT2D eigenvalue weighted by molar-refractivity contribution is 0.250. The monoisotopic (exact) mass is 378 g/mol. The molecule has 0 saturated carbocycles. The third-order valence-corrected chi connectivity index (χ3v) is 6.16. The minimum absolute atomic E-state index is 0.155. The number of benzene rings is 2. The van der Waals surface area contributed by atoms with E-state index in [0.29, 0.717) is 28.3 Å². The number of halogens is 1. The second-order valence-electron chi connectivity index (χ2n) is 7.75. The maximum Gasteiger partial charge on any atom is 0.261 e. The van der Waals surface area contributed by atoms with E-state index in [1.165, 1.54) is 23.5 Å². The average Bonchev–Trinajstić information content (AvgIpc) is 3.05. The number of rotatable bonds is 2. The van der Waals surface area contributed by atoms with Gasteiger partial charge in [-0.15, -0.1) is 0 Å². The first-order chi connectivity index (χ1) is 13.6. The highest BCUT2D eigenvalue weighted by atomic mass is 19.1. The van der Waals surface area contributed by atoms with E-state index in [4.69, 9.17) is 4.98 Å². The highest BCUT2D eigenvalue weighted by Gasteiger charge is 2.29. The topological polar surface area (TPSA) is 41.4 Å².